The van der Waals surface area contributed by atoms with Crippen molar-refractivity contribution in [1.82, 2.24) is 5.32 Å². The first-order valence-corrected chi connectivity index (χ1v) is 7.76. The zero-order valence-electron chi connectivity index (χ0n) is 11.2. The lowest BCUT2D eigenvalue weighted by atomic mass is 9.88. The Morgan fingerprint density at radius 1 is 1.15 bits per heavy atom. The van der Waals surface area contributed by atoms with Gasteiger partial charge in [-0.3, -0.25) is 0 Å². The van der Waals surface area contributed by atoms with Crippen molar-refractivity contribution in [1.29, 1.82) is 0 Å². The Hall–Kier alpha value is -1.19. The summed E-state index contributed by atoms with van der Waals surface area (Å²) in [7, 11) is 0. The van der Waals surface area contributed by atoms with Gasteiger partial charge in [-0.25, -0.2) is 4.39 Å². The molecule has 3 rings (SSSR count). The number of rotatable bonds is 3. The molecule has 1 aliphatic rings. The van der Waals surface area contributed by atoms with E-state index in [-0.39, 0.29) is 5.82 Å². The van der Waals surface area contributed by atoms with Crippen molar-refractivity contribution < 1.29 is 4.39 Å². The molecule has 0 bridgehead atoms. The minimum atomic E-state index is -0.181. The summed E-state index contributed by atoms with van der Waals surface area (Å²) in [5.74, 6) is -0.181. The van der Waals surface area contributed by atoms with E-state index in [1.54, 1.807) is 12.1 Å². The average Bonchev–Trinajstić information content (AvgIpc) is 2.48. The van der Waals surface area contributed by atoms with Crippen molar-refractivity contribution in [3.05, 3.63) is 69.4 Å². The molecule has 1 atom stereocenters. The van der Waals surface area contributed by atoms with E-state index in [4.69, 9.17) is 0 Å². The van der Waals surface area contributed by atoms with E-state index in [1.807, 2.05) is 0 Å². The van der Waals surface area contributed by atoms with Gasteiger partial charge in [0.1, 0.15) is 5.82 Å². The van der Waals surface area contributed by atoms with E-state index in [0.717, 1.165) is 29.3 Å². The van der Waals surface area contributed by atoms with Crippen LogP contribution in [0.5, 0.6) is 0 Å². The second kappa shape index (κ2) is 6.06. The second-order valence-corrected chi connectivity index (χ2v) is 6.18. The van der Waals surface area contributed by atoms with Gasteiger partial charge in [-0.1, -0.05) is 40.2 Å². The highest BCUT2D eigenvalue weighted by Crippen LogP contribution is 2.22. The van der Waals surface area contributed by atoms with Crippen molar-refractivity contribution in [2.75, 3.05) is 0 Å². The maximum atomic E-state index is 13.3. The van der Waals surface area contributed by atoms with Gasteiger partial charge in [0.05, 0.1) is 0 Å². The second-order valence-electron chi connectivity index (χ2n) is 5.33. The molecule has 0 aliphatic heterocycles. The number of benzene rings is 2. The van der Waals surface area contributed by atoms with Crippen LogP contribution >= 0.6 is 15.9 Å². The summed E-state index contributed by atoms with van der Waals surface area (Å²) < 4.78 is 14.2. The fourth-order valence-corrected chi connectivity index (χ4v) is 3.19. The Kier molecular flexibility index (Phi) is 4.18. The van der Waals surface area contributed by atoms with E-state index < -0.39 is 0 Å². The number of halogens is 2. The highest BCUT2D eigenvalue weighted by molar-refractivity contribution is 9.10. The molecule has 3 heteroatoms. The molecule has 2 aromatic rings. The molecular formula is C17H17BrFN. The van der Waals surface area contributed by atoms with Crippen LogP contribution < -0.4 is 5.32 Å². The molecule has 1 nitrogen and oxygen atoms in total. The van der Waals surface area contributed by atoms with E-state index in [0.29, 0.717) is 12.6 Å². The van der Waals surface area contributed by atoms with Crippen LogP contribution in [0.15, 0.2) is 46.9 Å². The number of nitrogens with one attached hydrogen (secondary N) is 1. The third-order valence-corrected chi connectivity index (χ3v) is 4.71. The maximum Gasteiger partial charge on any atom is 0.123 e. The van der Waals surface area contributed by atoms with Gasteiger partial charge in [0.25, 0.3) is 0 Å². The predicted molar refractivity (Wildman–Crippen MR) is 83.2 cm³/mol. The van der Waals surface area contributed by atoms with Gasteiger partial charge >= 0.3 is 0 Å². The third kappa shape index (κ3) is 3.10. The fourth-order valence-electron chi connectivity index (χ4n) is 2.81. The predicted octanol–water partition coefficient (Wildman–Crippen LogP) is 4.24. The summed E-state index contributed by atoms with van der Waals surface area (Å²) in [5, 5.41) is 3.55. The van der Waals surface area contributed by atoms with Gasteiger partial charge in [-0.15, -0.1) is 0 Å². The normalized spacial score (nSPS) is 17.8. The SMILES string of the molecule is Fc1ccc(Br)c(CNC2CCc3ccccc3C2)c1. The molecule has 0 radical (unpaired) electrons. The van der Waals surface area contributed by atoms with E-state index >= 15 is 0 Å². The van der Waals surface area contributed by atoms with E-state index in [1.165, 1.54) is 17.2 Å². The summed E-state index contributed by atoms with van der Waals surface area (Å²) >= 11 is 3.47. The number of hydrogen-bond acceptors (Lipinski definition) is 1. The van der Waals surface area contributed by atoms with E-state index in [2.05, 4.69) is 45.5 Å². The zero-order chi connectivity index (χ0) is 13.9. The van der Waals surface area contributed by atoms with Crippen LogP contribution in [0.3, 0.4) is 0 Å². The molecule has 0 spiro atoms. The molecule has 104 valence electrons. The molecular weight excluding hydrogens is 317 g/mol. The Morgan fingerprint density at radius 3 is 2.80 bits per heavy atom. The Morgan fingerprint density at radius 2 is 1.95 bits per heavy atom. The standard InChI is InChI=1S/C17H17BrFN/c18-17-8-6-15(19)9-14(17)11-20-16-7-5-12-3-1-2-4-13(12)10-16/h1-4,6,8-9,16,20H,5,7,10-11H2. The lowest BCUT2D eigenvalue weighted by Gasteiger charge is -2.25. The molecule has 0 amide bonds. The van der Waals surface area contributed by atoms with Crippen LogP contribution in [0.1, 0.15) is 23.1 Å². The van der Waals surface area contributed by atoms with Crippen molar-refractivity contribution in [2.24, 2.45) is 0 Å². The molecule has 20 heavy (non-hydrogen) atoms. The fraction of sp³-hybridized carbons (Fsp3) is 0.294. The van der Waals surface area contributed by atoms with Crippen LogP contribution in [0.2, 0.25) is 0 Å². The summed E-state index contributed by atoms with van der Waals surface area (Å²) in [6.45, 7) is 0.700. The van der Waals surface area contributed by atoms with Crippen LogP contribution in [-0.4, -0.2) is 6.04 Å². The van der Waals surface area contributed by atoms with Gasteiger partial charge < -0.3 is 5.32 Å². The summed E-state index contributed by atoms with van der Waals surface area (Å²) in [6, 6.07) is 13.9. The largest absolute Gasteiger partial charge is 0.310 e. The number of hydrogen-bond donors (Lipinski definition) is 1. The quantitative estimate of drug-likeness (QED) is 0.886. The van der Waals surface area contributed by atoms with Crippen molar-refractivity contribution in [2.45, 2.75) is 31.8 Å². The van der Waals surface area contributed by atoms with Crippen molar-refractivity contribution in [3.63, 3.8) is 0 Å². The third-order valence-electron chi connectivity index (χ3n) is 3.94. The van der Waals surface area contributed by atoms with Gasteiger partial charge in [-0.05, 0) is 54.2 Å². The Labute approximate surface area is 127 Å². The monoisotopic (exact) mass is 333 g/mol. The van der Waals surface area contributed by atoms with Gasteiger partial charge in [0, 0.05) is 17.1 Å². The molecule has 1 unspecified atom stereocenters. The molecule has 0 saturated carbocycles. The highest BCUT2D eigenvalue weighted by atomic mass is 79.9. The first-order valence-electron chi connectivity index (χ1n) is 6.96. The maximum absolute atomic E-state index is 13.3. The topological polar surface area (TPSA) is 12.0 Å². The summed E-state index contributed by atoms with van der Waals surface area (Å²) in [6.07, 6.45) is 3.32. The van der Waals surface area contributed by atoms with Crippen LogP contribution in [0, 0.1) is 5.82 Å². The molecule has 1 N–H and O–H groups in total. The van der Waals surface area contributed by atoms with Crippen LogP contribution in [0.25, 0.3) is 0 Å². The molecule has 0 aromatic heterocycles. The average molecular weight is 334 g/mol. The number of fused-ring (bicyclic) bond motifs is 1. The lowest BCUT2D eigenvalue weighted by molar-refractivity contribution is 0.456. The van der Waals surface area contributed by atoms with Gasteiger partial charge in [0.15, 0.2) is 0 Å². The van der Waals surface area contributed by atoms with Crippen molar-refractivity contribution >= 4 is 15.9 Å². The smallest absolute Gasteiger partial charge is 0.123 e. The van der Waals surface area contributed by atoms with Gasteiger partial charge in [0.2, 0.25) is 0 Å². The van der Waals surface area contributed by atoms with Crippen LogP contribution in [0.4, 0.5) is 4.39 Å². The minimum Gasteiger partial charge on any atom is -0.310 e. The van der Waals surface area contributed by atoms with Crippen molar-refractivity contribution in [3.8, 4) is 0 Å². The molecule has 1 aliphatic carbocycles. The lowest BCUT2D eigenvalue weighted by Crippen LogP contribution is -2.34. The molecule has 2 aromatic carbocycles. The molecule has 0 fully saturated rings. The van der Waals surface area contributed by atoms with Gasteiger partial charge in [-0.2, -0.15) is 0 Å². The highest BCUT2D eigenvalue weighted by Gasteiger charge is 2.17. The summed E-state index contributed by atoms with van der Waals surface area (Å²) in [5.41, 5.74) is 3.89. The molecule has 0 heterocycles. The molecule has 0 saturated heterocycles. The number of aryl methyl sites for hydroxylation is 1. The van der Waals surface area contributed by atoms with Crippen LogP contribution in [-0.2, 0) is 19.4 Å². The van der Waals surface area contributed by atoms with E-state index in [9.17, 15) is 4.39 Å². The minimum absolute atomic E-state index is 0.181. The Balaban J connectivity index is 1.64. The first kappa shape index (κ1) is 13.8. The summed E-state index contributed by atoms with van der Waals surface area (Å²) in [4.78, 5) is 0. The zero-order valence-corrected chi connectivity index (χ0v) is 12.8. The first-order chi connectivity index (χ1) is 9.72. The Bertz CT molecular complexity index is 612.